The van der Waals surface area contributed by atoms with Gasteiger partial charge in [0.2, 0.25) is 0 Å². The summed E-state index contributed by atoms with van der Waals surface area (Å²) in [4.78, 5) is 12.0. The molecule has 0 unspecified atom stereocenters. The van der Waals surface area contributed by atoms with Crippen molar-refractivity contribution in [2.75, 3.05) is 20.3 Å². The van der Waals surface area contributed by atoms with Crippen molar-refractivity contribution in [1.82, 2.24) is 9.88 Å². The fourth-order valence-electron chi connectivity index (χ4n) is 1.71. The number of carbonyl (C=O) groups is 1. The molecule has 0 aromatic carbocycles. The first-order valence-corrected chi connectivity index (χ1v) is 5.76. The van der Waals surface area contributed by atoms with E-state index in [4.69, 9.17) is 4.74 Å². The molecular formula is C13H22N2O2. The Morgan fingerprint density at radius 2 is 2.18 bits per heavy atom. The van der Waals surface area contributed by atoms with E-state index in [1.807, 2.05) is 30.8 Å². The van der Waals surface area contributed by atoms with Crippen LogP contribution in [0.5, 0.6) is 0 Å². The van der Waals surface area contributed by atoms with Gasteiger partial charge in [0.05, 0.1) is 12.2 Å². The van der Waals surface area contributed by atoms with Gasteiger partial charge in [0.1, 0.15) is 0 Å². The van der Waals surface area contributed by atoms with E-state index in [1.54, 1.807) is 7.11 Å². The van der Waals surface area contributed by atoms with E-state index >= 15 is 0 Å². The Kier molecular flexibility index (Phi) is 4.34. The number of carbonyl (C=O) groups excluding carboxylic acids is 1. The summed E-state index contributed by atoms with van der Waals surface area (Å²) in [6.07, 6.45) is 1.89. The number of ether oxygens (including phenoxy) is 1. The van der Waals surface area contributed by atoms with Crippen LogP contribution in [0, 0.1) is 12.3 Å². The predicted molar refractivity (Wildman–Crippen MR) is 68.1 cm³/mol. The lowest BCUT2D eigenvalue weighted by molar-refractivity contribution is 0.0846. The summed E-state index contributed by atoms with van der Waals surface area (Å²) in [7, 11) is 3.60. The maximum absolute atomic E-state index is 12.0. The first-order chi connectivity index (χ1) is 7.87. The molecule has 0 atom stereocenters. The molecule has 4 heteroatoms. The number of aryl methyl sites for hydroxylation is 1. The molecular weight excluding hydrogens is 216 g/mol. The normalized spacial score (nSPS) is 11.6. The summed E-state index contributed by atoms with van der Waals surface area (Å²) < 4.78 is 7.06. The van der Waals surface area contributed by atoms with Gasteiger partial charge in [-0.1, -0.05) is 13.8 Å². The van der Waals surface area contributed by atoms with Gasteiger partial charge in [-0.05, 0) is 13.0 Å². The van der Waals surface area contributed by atoms with E-state index in [0.29, 0.717) is 13.2 Å². The Hall–Kier alpha value is -1.29. The number of methoxy groups -OCH3 is 1. The fourth-order valence-corrected chi connectivity index (χ4v) is 1.71. The van der Waals surface area contributed by atoms with Gasteiger partial charge in [0.25, 0.3) is 5.91 Å². The van der Waals surface area contributed by atoms with Gasteiger partial charge in [0.15, 0.2) is 0 Å². The Labute approximate surface area is 103 Å². The zero-order valence-electron chi connectivity index (χ0n) is 11.3. The fraction of sp³-hybridized carbons (Fsp3) is 0.615. The van der Waals surface area contributed by atoms with E-state index < -0.39 is 0 Å². The minimum Gasteiger partial charge on any atom is -0.384 e. The molecule has 0 aliphatic heterocycles. The first-order valence-electron chi connectivity index (χ1n) is 5.76. The van der Waals surface area contributed by atoms with Crippen molar-refractivity contribution in [2.45, 2.75) is 20.8 Å². The molecule has 0 spiro atoms. The van der Waals surface area contributed by atoms with Gasteiger partial charge in [-0.25, -0.2) is 0 Å². The van der Waals surface area contributed by atoms with Gasteiger partial charge in [0, 0.05) is 38.0 Å². The second kappa shape index (κ2) is 5.36. The predicted octanol–water partition coefficient (Wildman–Crippen LogP) is 1.74. The maximum atomic E-state index is 12.0. The molecule has 96 valence electrons. The van der Waals surface area contributed by atoms with Gasteiger partial charge in [-0.2, -0.15) is 0 Å². The zero-order valence-corrected chi connectivity index (χ0v) is 11.3. The number of rotatable bonds is 5. The first kappa shape index (κ1) is 13.8. The lowest BCUT2D eigenvalue weighted by Gasteiger charge is -2.23. The van der Waals surface area contributed by atoms with Crippen LogP contribution in [0.15, 0.2) is 12.3 Å². The highest BCUT2D eigenvalue weighted by Gasteiger charge is 2.20. The average molecular weight is 238 g/mol. The van der Waals surface area contributed by atoms with Crippen LogP contribution < -0.4 is 5.32 Å². The van der Waals surface area contributed by atoms with E-state index in [0.717, 1.165) is 11.3 Å². The van der Waals surface area contributed by atoms with Gasteiger partial charge in [-0.3, -0.25) is 4.79 Å². The van der Waals surface area contributed by atoms with Crippen LogP contribution in [0.4, 0.5) is 0 Å². The highest BCUT2D eigenvalue weighted by atomic mass is 16.5. The second-order valence-electron chi connectivity index (χ2n) is 5.21. The molecule has 17 heavy (non-hydrogen) atoms. The summed E-state index contributed by atoms with van der Waals surface area (Å²) >= 11 is 0. The van der Waals surface area contributed by atoms with Gasteiger partial charge >= 0.3 is 0 Å². The molecule has 0 aliphatic rings. The second-order valence-corrected chi connectivity index (χ2v) is 5.21. The molecule has 1 aromatic heterocycles. The lowest BCUT2D eigenvalue weighted by Crippen LogP contribution is -2.36. The van der Waals surface area contributed by atoms with Crippen LogP contribution in [-0.4, -0.2) is 30.7 Å². The molecule has 0 saturated carbocycles. The highest BCUT2D eigenvalue weighted by molar-refractivity contribution is 5.95. The van der Waals surface area contributed by atoms with E-state index in [2.05, 4.69) is 19.2 Å². The number of hydrogen-bond acceptors (Lipinski definition) is 2. The van der Waals surface area contributed by atoms with Crippen LogP contribution >= 0.6 is 0 Å². The van der Waals surface area contributed by atoms with Crippen molar-refractivity contribution in [1.29, 1.82) is 0 Å². The minimum absolute atomic E-state index is 0.0210. The molecule has 0 saturated heterocycles. The topological polar surface area (TPSA) is 43.3 Å². The van der Waals surface area contributed by atoms with E-state index in [9.17, 15) is 4.79 Å². The van der Waals surface area contributed by atoms with Crippen molar-refractivity contribution in [3.05, 3.63) is 23.5 Å². The van der Waals surface area contributed by atoms with Crippen molar-refractivity contribution in [3.63, 3.8) is 0 Å². The highest BCUT2D eigenvalue weighted by Crippen LogP contribution is 2.14. The van der Waals surface area contributed by atoms with Crippen molar-refractivity contribution >= 4 is 5.91 Å². The summed E-state index contributed by atoms with van der Waals surface area (Å²) in [6.45, 7) is 7.30. The summed E-state index contributed by atoms with van der Waals surface area (Å²) in [5, 5.41) is 2.95. The number of amides is 1. The molecule has 0 aliphatic carbocycles. The molecule has 1 N–H and O–H groups in total. The number of hydrogen-bond donors (Lipinski definition) is 1. The third-order valence-corrected chi connectivity index (χ3v) is 2.89. The third kappa shape index (κ3) is 3.60. The Morgan fingerprint density at radius 3 is 2.65 bits per heavy atom. The SMILES string of the molecule is COCC(C)(C)CNC(=O)c1ccn(C)c1C. The van der Waals surface area contributed by atoms with Crippen LogP contribution in [0.3, 0.4) is 0 Å². The smallest absolute Gasteiger partial charge is 0.253 e. The molecule has 0 bridgehead atoms. The number of aromatic nitrogens is 1. The van der Waals surface area contributed by atoms with Crippen LogP contribution in [0.25, 0.3) is 0 Å². The quantitative estimate of drug-likeness (QED) is 0.849. The van der Waals surface area contributed by atoms with Crippen molar-refractivity contribution in [2.24, 2.45) is 12.5 Å². The molecule has 1 heterocycles. The monoisotopic (exact) mass is 238 g/mol. The summed E-state index contributed by atoms with van der Waals surface area (Å²) in [5.41, 5.74) is 1.67. The van der Waals surface area contributed by atoms with Crippen LogP contribution in [-0.2, 0) is 11.8 Å². The van der Waals surface area contributed by atoms with Crippen molar-refractivity contribution < 1.29 is 9.53 Å². The Balaban J connectivity index is 2.59. The molecule has 4 nitrogen and oxygen atoms in total. The molecule has 0 radical (unpaired) electrons. The average Bonchev–Trinajstić information content (AvgIpc) is 2.57. The largest absolute Gasteiger partial charge is 0.384 e. The lowest BCUT2D eigenvalue weighted by atomic mass is 9.95. The standard InChI is InChI=1S/C13H22N2O2/c1-10-11(6-7-15(10)4)12(16)14-8-13(2,3)9-17-5/h6-7H,8-9H2,1-5H3,(H,14,16). The molecule has 0 fully saturated rings. The van der Waals surface area contributed by atoms with Crippen LogP contribution in [0.2, 0.25) is 0 Å². The van der Waals surface area contributed by atoms with Crippen LogP contribution in [0.1, 0.15) is 29.9 Å². The minimum atomic E-state index is -0.0485. The maximum Gasteiger partial charge on any atom is 0.253 e. The Morgan fingerprint density at radius 1 is 1.53 bits per heavy atom. The molecule has 1 amide bonds. The van der Waals surface area contributed by atoms with E-state index in [1.165, 1.54) is 0 Å². The summed E-state index contributed by atoms with van der Waals surface area (Å²) in [6, 6.07) is 1.84. The van der Waals surface area contributed by atoms with E-state index in [-0.39, 0.29) is 11.3 Å². The molecule has 1 rings (SSSR count). The van der Waals surface area contributed by atoms with Gasteiger partial charge in [-0.15, -0.1) is 0 Å². The van der Waals surface area contributed by atoms with Crippen molar-refractivity contribution in [3.8, 4) is 0 Å². The molecule has 1 aromatic rings. The zero-order chi connectivity index (χ0) is 13.1. The number of nitrogens with one attached hydrogen (secondary N) is 1. The summed E-state index contributed by atoms with van der Waals surface area (Å²) in [5.74, 6) is -0.0210. The Bertz CT molecular complexity index is 394. The number of nitrogens with zero attached hydrogens (tertiary/aromatic N) is 1. The van der Waals surface area contributed by atoms with Gasteiger partial charge < -0.3 is 14.6 Å². The third-order valence-electron chi connectivity index (χ3n) is 2.89.